The van der Waals surface area contributed by atoms with Crippen molar-refractivity contribution < 1.29 is 9.84 Å². The zero-order chi connectivity index (χ0) is 14.2. The van der Waals surface area contributed by atoms with Gasteiger partial charge in [-0.2, -0.15) is 0 Å². The topological polar surface area (TPSA) is 42.4 Å². The predicted octanol–water partition coefficient (Wildman–Crippen LogP) is 4.70. The lowest BCUT2D eigenvalue weighted by Gasteiger charge is -2.09. The second-order valence-corrected chi connectivity index (χ2v) is 4.90. The molecule has 0 spiro atoms. The fraction of sp³-hybridized carbons (Fsp3) is 0.353. The first-order valence-electron chi connectivity index (χ1n) is 7.19. The first kappa shape index (κ1) is 14.4. The van der Waals surface area contributed by atoms with Crippen molar-refractivity contribution in [1.29, 1.82) is 0 Å². The molecule has 3 nitrogen and oxygen atoms in total. The molecule has 0 aliphatic rings. The van der Waals surface area contributed by atoms with Crippen LogP contribution in [0.3, 0.4) is 0 Å². The highest BCUT2D eigenvalue weighted by Gasteiger charge is 2.05. The molecule has 0 aliphatic carbocycles. The Morgan fingerprint density at radius 1 is 1.15 bits per heavy atom. The smallest absolute Gasteiger partial charge is 0.169 e. The van der Waals surface area contributed by atoms with Crippen molar-refractivity contribution >= 4 is 0 Å². The van der Waals surface area contributed by atoms with Crippen molar-refractivity contribution in [1.82, 2.24) is 4.98 Å². The summed E-state index contributed by atoms with van der Waals surface area (Å²) in [4.78, 5) is 3.98. The molecule has 0 bridgehead atoms. The molecule has 106 valence electrons. The number of hydrogen-bond donors (Lipinski definition) is 1. The third kappa shape index (κ3) is 4.26. The van der Waals surface area contributed by atoms with Gasteiger partial charge in [0.25, 0.3) is 0 Å². The van der Waals surface area contributed by atoms with E-state index in [0.717, 1.165) is 18.4 Å². The van der Waals surface area contributed by atoms with Gasteiger partial charge in [-0.1, -0.05) is 32.3 Å². The van der Waals surface area contributed by atoms with Gasteiger partial charge in [0.2, 0.25) is 0 Å². The van der Waals surface area contributed by atoms with Crippen molar-refractivity contribution in [3.8, 4) is 17.2 Å². The molecule has 1 heterocycles. The summed E-state index contributed by atoms with van der Waals surface area (Å²) < 4.78 is 5.59. The van der Waals surface area contributed by atoms with Crippen LogP contribution in [0.2, 0.25) is 0 Å². The van der Waals surface area contributed by atoms with Crippen molar-refractivity contribution in [3.05, 3.63) is 48.3 Å². The second-order valence-electron chi connectivity index (χ2n) is 4.90. The molecule has 1 aromatic heterocycles. The molecular formula is C17H21NO2. The van der Waals surface area contributed by atoms with Crippen LogP contribution in [0.1, 0.15) is 38.2 Å². The molecule has 20 heavy (non-hydrogen) atoms. The minimum Gasteiger partial charge on any atom is -0.504 e. The van der Waals surface area contributed by atoms with Gasteiger partial charge in [-0.15, -0.1) is 0 Å². The number of phenolic OH excluding ortho intramolecular Hbond substituents is 1. The summed E-state index contributed by atoms with van der Waals surface area (Å²) in [6.45, 7) is 2.20. The lowest BCUT2D eigenvalue weighted by atomic mass is 10.1. The standard InChI is InChI=1S/C17H21NO2/c1-2-3-4-5-7-14-9-10-17(16(19)12-14)20-15-8-6-11-18-13-15/h6,8-13,19H,2-5,7H2,1H3. The molecule has 1 aromatic carbocycles. The number of unbranched alkanes of at least 4 members (excludes halogenated alkanes) is 3. The molecule has 0 aliphatic heterocycles. The number of phenols is 1. The first-order chi connectivity index (χ1) is 9.79. The van der Waals surface area contributed by atoms with E-state index < -0.39 is 0 Å². The van der Waals surface area contributed by atoms with Gasteiger partial charge in [-0.25, -0.2) is 0 Å². The normalized spacial score (nSPS) is 10.4. The van der Waals surface area contributed by atoms with Gasteiger partial charge in [0.15, 0.2) is 11.5 Å². The summed E-state index contributed by atoms with van der Waals surface area (Å²) in [5.74, 6) is 1.27. The lowest BCUT2D eigenvalue weighted by Crippen LogP contribution is -1.89. The molecule has 2 rings (SSSR count). The molecule has 0 saturated heterocycles. The van der Waals surface area contributed by atoms with E-state index in [9.17, 15) is 5.11 Å². The fourth-order valence-electron chi connectivity index (χ4n) is 2.10. The number of ether oxygens (including phenoxy) is 1. The Kier molecular flexibility index (Phi) is 5.42. The molecule has 0 atom stereocenters. The number of pyridine rings is 1. The zero-order valence-corrected chi connectivity index (χ0v) is 11.9. The van der Waals surface area contributed by atoms with E-state index in [0.29, 0.717) is 11.5 Å². The Morgan fingerprint density at radius 3 is 2.75 bits per heavy atom. The lowest BCUT2D eigenvalue weighted by molar-refractivity contribution is 0.409. The van der Waals surface area contributed by atoms with Gasteiger partial charge in [-0.3, -0.25) is 4.98 Å². The number of aromatic hydroxyl groups is 1. The van der Waals surface area contributed by atoms with Crippen molar-refractivity contribution in [3.63, 3.8) is 0 Å². The van der Waals surface area contributed by atoms with E-state index in [-0.39, 0.29) is 5.75 Å². The van der Waals surface area contributed by atoms with Crippen molar-refractivity contribution in [2.45, 2.75) is 39.0 Å². The van der Waals surface area contributed by atoms with E-state index in [1.807, 2.05) is 18.2 Å². The highest BCUT2D eigenvalue weighted by molar-refractivity contribution is 5.44. The van der Waals surface area contributed by atoms with Crippen LogP contribution in [0.15, 0.2) is 42.7 Å². The van der Waals surface area contributed by atoms with E-state index >= 15 is 0 Å². The Labute approximate surface area is 120 Å². The Hall–Kier alpha value is -2.03. The van der Waals surface area contributed by atoms with E-state index in [1.54, 1.807) is 24.5 Å². The molecule has 0 radical (unpaired) electrons. The average molecular weight is 271 g/mol. The van der Waals surface area contributed by atoms with Gasteiger partial charge in [0, 0.05) is 6.20 Å². The van der Waals surface area contributed by atoms with E-state index in [4.69, 9.17) is 4.74 Å². The van der Waals surface area contributed by atoms with Crippen LogP contribution in [0.5, 0.6) is 17.2 Å². The van der Waals surface area contributed by atoms with Crippen LogP contribution in [0.25, 0.3) is 0 Å². The van der Waals surface area contributed by atoms with Crippen LogP contribution in [-0.2, 0) is 6.42 Å². The second kappa shape index (κ2) is 7.53. The van der Waals surface area contributed by atoms with Crippen LogP contribution in [0, 0.1) is 0 Å². The zero-order valence-electron chi connectivity index (χ0n) is 11.9. The van der Waals surface area contributed by atoms with Crippen LogP contribution in [0.4, 0.5) is 0 Å². The molecule has 0 unspecified atom stereocenters. The third-order valence-corrected chi connectivity index (χ3v) is 3.20. The molecule has 1 N–H and O–H groups in total. The first-order valence-corrected chi connectivity index (χ1v) is 7.19. The van der Waals surface area contributed by atoms with Crippen molar-refractivity contribution in [2.75, 3.05) is 0 Å². The molecule has 0 saturated carbocycles. The Bertz CT molecular complexity index is 526. The molecule has 0 fully saturated rings. The number of aromatic nitrogens is 1. The monoisotopic (exact) mass is 271 g/mol. The maximum atomic E-state index is 10.0. The van der Waals surface area contributed by atoms with Gasteiger partial charge < -0.3 is 9.84 Å². The number of aryl methyl sites for hydroxylation is 1. The summed E-state index contributed by atoms with van der Waals surface area (Å²) in [6.07, 6.45) is 9.23. The molecule has 3 heteroatoms. The van der Waals surface area contributed by atoms with E-state index in [1.165, 1.54) is 19.3 Å². The predicted molar refractivity (Wildman–Crippen MR) is 80.3 cm³/mol. The van der Waals surface area contributed by atoms with Gasteiger partial charge in [0.05, 0.1) is 6.20 Å². The quantitative estimate of drug-likeness (QED) is 0.742. The molecular weight excluding hydrogens is 250 g/mol. The molecule has 2 aromatic rings. The summed E-state index contributed by atoms with van der Waals surface area (Å²) in [5.41, 5.74) is 1.15. The van der Waals surface area contributed by atoms with Crippen LogP contribution in [-0.4, -0.2) is 10.1 Å². The van der Waals surface area contributed by atoms with E-state index in [2.05, 4.69) is 11.9 Å². The highest BCUT2D eigenvalue weighted by atomic mass is 16.5. The largest absolute Gasteiger partial charge is 0.504 e. The van der Waals surface area contributed by atoms with Crippen molar-refractivity contribution in [2.24, 2.45) is 0 Å². The summed E-state index contributed by atoms with van der Waals surface area (Å²) >= 11 is 0. The van der Waals surface area contributed by atoms with Crippen LogP contribution >= 0.6 is 0 Å². The minimum absolute atomic E-state index is 0.182. The fourth-order valence-corrected chi connectivity index (χ4v) is 2.10. The summed E-state index contributed by atoms with van der Waals surface area (Å²) in [5, 5.41) is 10.0. The third-order valence-electron chi connectivity index (χ3n) is 3.20. The number of benzene rings is 1. The van der Waals surface area contributed by atoms with Crippen LogP contribution < -0.4 is 4.74 Å². The summed E-state index contributed by atoms with van der Waals surface area (Å²) in [6, 6.07) is 9.23. The van der Waals surface area contributed by atoms with Gasteiger partial charge >= 0.3 is 0 Å². The van der Waals surface area contributed by atoms with Gasteiger partial charge in [0.1, 0.15) is 5.75 Å². The summed E-state index contributed by atoms with van der Waals surface area (Å²) in [7, 11) is 0. The SMILES string of the molecule is CCCCCCc1ccc(Oc2cccnc2)c(O)c1. The average Bonchev–Trinajstić information content (AvgIpc) is 2.47. The molecule has 0 amide bonds. The number of hydrogen-bond acceptors (Lipinski definition) is 3. The maximum absolute atomic E-state index is 10.0. The van der Waals surface area contributed by atoms with Gasteiger partial charge in [-0.05, 0) is 42.7 Å². The number of nitrogens with zero attached hydrogens (tertiary/aromatic N) is 1. The minimum atomic E-state index is 0.182. The number of rotatable bonds is 7. The Balaban J connectivity index is 1.95. The maximum Gasteiger partial charge on any atom is 0.169 e. The highest BCUT2D eigenvalue weighted by Crippen LogP contribution is 2.31. The Morgan fingerprint density at radius 2 is 2.05 bits per heavy atom.